The summed E-state index contributed by atoms with van der Waals surface area (Å²) >= 11 is 11.9. The summed E-state index contributed by atoms with van der Waals surface area (Å²) in [6, 6.07) is 14.3. The van der Waals surface area contributed by atoms with Gasteiger partial charge in [0.05, 0.1) is 11.1 Å². The maximum atomic E-state index is 12.6. The van der Waals surface area contributed by atoms with Crippen LogP contribution in [0.25, 0.3) is 10.9 Å². The highest BCUT2D eigenvalue weighted by molar-refractivity contribution is 6.31. The SMILES string of the molecule is Cc1cc(Cl)ccc1NC(=O)c1cc(Cl)nc2ccccc12. The van der Waals surface area contributed by atoms with Crippen LogP contribution >= 0.6 is 23.2 Å². The van der Waals surface area contributed by atoms with Crippen LogP contribution in [0.5, 0.6) is 0 Å². The van der Waals surface area contributed by atoms with E-state index in [1.54, 1.807) is 24.3 Å². The Balaban J connectivity index is 2.02. The molecule has 0 bridgehead atoms. The first kappa shape index (κ1) is 14.8. The first-order valence-electron chi connectivity index (χ1n) is 6.67. The number of para-hydroxylation sites is 1. The molecule has 0 aliphatic heterocycles. The number of halogens is 2. The fourth-order valence-electron chi connectivity index (χ4n) is 2.29. The van der Waals surface area contributed by atoms with Crippen molar-refractivity contribution in [3.05, 3.63) is 69.8 Å². The molecule has 0 aliphatic rings. The normalized spacial score (nSPS) is 10.7. The van der Waals surface area contributed by atoms with Crippen LogP contribution in [0.4, 0.5) is 5.69 Å². The molecule has 0 atom stereocenters. The number of benzene rings is 2. The van der Waals surface area contributed by atoms with E-state index in [4.69, 9.17) is 23.2 Å². The molecule has 1 heterocycles. The van der Waals surface area contributed by atoms with Crippen molar-refractivity contribution in [2.75, 3.05) is 5.32 Å². The molecule has 3 aromatic rings. The van der Waals surface area contributed by atoms with Gasteiger partial charge in [-0.3, -0.25) is 4.79 Å². The van der Waals surface area contributed by atoms with Gasteiger partial charge in [0.1, 0.15) is 5.15 Å². The minimum atomic E-state index is -0.231. The monoisotopic (exact) mass is 330 g/mol. The Hall–Kier alpha value is -2.10. The number of pyridine rings is 1. The van der Waals surface area contributed by atoms with Crippen LogP contribution in [0.3, 0.4) is 0 Å². The molecule has 1 N–H and O–H groups in total. The molecule has 110 valence electrons. The van der Waals surface area contributed by atoms with E-state index < -0.39 is 0 Å². The predicted octanol–water partition coefficient (Wildman–Crippen LogP) is 5.10. The average Bonchev–Trinajstić information content (AvgIpc) is 2.49. The molecule has 22 heavy (non-hydrogen) atoms. The van der Waals surface area contributed by atoms with Crippen molar-refractivity contribution < 1.29 is 4.79 Å². The number of aryl methyl sites for hydroxylation is 1. The van der Waals surface area contributed by atoms with Crippen molar-refractivity contribution in [1.82, 2.24) is 4.98 Å². The fourth-order valence-corrected chi connectivity index (χ4v) is 2.71. The van der Waals surface area contributed by atoms with Gasteiger partial charge in [-0.1, -0.05) is 41.4 Å². The third-order valence-electron chi connectivity index (χ3n) is 3.37. The molecule has 0 fully saturated rings. The molecule has 3 nitrogen and oxygen atoms in total. The lowest BCUT2D eigenvalue weighted by atomic mass is 10.1. The zero-order valence-corrected chi connectivity index (χ0v) is 13.2. The maximum absolute atomic E-state index is 12.6. The second-order valence-corrected chi connectivity index (χ2v) is 5.75. The number of amides is 1. The van der Waals surface area contributed by atoms with Gasteiger partial charge in [0.2, 0.25) is 0 Å². The van der Waals surface area contributed by atoms with Gasteiger partial charge in [-0.15, -0.1) is 0 Å². The van der Waals surface area contributed by atoms with Crippen LogP contribution in [0.2, 0.25) is 10.2 Å². The smallest absolute Gasteiger partial charge is 0.256 e. The summed E-state index contributed by atoms with van der Waals surface area (Å²) in [5.74, 6) is -0.231. The Kier molecular flexibility index (Phi) is 4.01. The molecule has 0 saturated carbocycles. The van der Waals surface area contributed by atoms with Crippen LogP contribution < -0.4 is 5.32 Å². The number of hydrogen-bond acceptors (Lipinski definition) is 2. The quantitative estimate of drug-likeness (QED) is 0.664. The molecule has 3 rings (SSSR count). The maximum Gasteiger partial charge on any atom is 0.256 e. The Labute approximate surface area is 137 Å². The zero-order valence-electron chi connectivity index (χ0n) is 11.7. The Morgan fingerprint density at radius 2 is 1.86 bits per heavy atom. The number of anilines is 1. The van der Waals surface area contributed by atoms with E-state index in [0.717, 1.165) is 10.9 Å². The van der Waals surface area contributed by atoms with Crippen LogP contribution in [-0.4, -0.2) is 10.9 Å². The largest absolute Gasteiger partial charge is 0.322 e. The second kappa shape index (κ2) is 5.95. The Bertz CT molecular complexity index is 878. The van der Waals surface area contributed by atoms with Gasteiger partial charge in [0, 0.05) is 16.1 Å². The van der Waals surface area contributed by atoms with E-state index >= 15 is 0 Å². The first-order chi connectivity index (χ1) is 10.5. The van der Waals surface area contributed by atoms with Gasteiger partial charge < -0.3 is 5.32 Å². The summed E-state index contributed by atoms with van der Waals surface area (Å²) in [6.45, 7) is 1.89. The highest BCUT2D eigenvalue weighted by Crippen LogP contribution is 2.24. The Morgan fingerprint density at radius 1 is 1.09 bits per heavy atom. The number of carbonyl (C=O) groups excluding carboxylic acids is 1. The summed E-state index contributed by atoms with van der Waals surface area (Å²) < 4.78 is 0. The lowest BCUT2D eigenvalue weighted by Crippen LogP contribution is -2.13. The van der Waals surface area contributed by atoms with Gasteiger partial charge in [-0.2, -0.15) is 0 Å². The van der Waals surface area contributed by atoms with E-state index in [-0.39, 0.29) is 11.1 Å². The number of fused-ring (bicyclic) bond motifs is 1. The van der Waals surface area contributed by atoms with E-state index in [0.29, 0.717) is 21.8 Å². The van der Waals surface area contributed by atoms with Crippen molar-refractivity contribution in [2.45, 2.75) is 6.92 Å². The van der Waals surface area contributed by atoms with Crippen LogP contribution in [0, 0.1) is 6.92 Å². The van der Waals surface area contributed by atoms with E-state index in [1.807, 2.05) is 31.2 Å². The van der Waals surface area contributed by atoms with Gasteiger partial charge in [0.25, 0.3) is 5.91 Å². The van der Waals surface area contributed by atoms with Crippen molar-refractivity contribution in [1.29, 1.82) is 0 Å². The summed E-state index contributed by atoms with van der Waals surface area (Å²) in [5, 5.41) is 4.57. The predicted molar refractivity (Wildman–Crippen MR) is 90.9 cm³/mol. The van der Waals surface area contributed by atoms with Crippen LogP contribution in [0.15, 0.2) is 48.5 Å². The third kappa shape index (κ3) is 2.91. The molecule has 0 saturated heterocycles. The summed E-state index contributed by atoms with van der Waals surface area (Å²) in [4.78, 5) is 16.8. The van der Waals surface area contributed by atoms with Crippen molar-refractivity contribution in [3.8, 4) is 0 Å². The molecule has 0 spiro atoms. The zero-order chi connectivity index (χ0) is 15.7. The Morgan fingerprint density at radius 3 is 2.64 bits per heavy atom. The molecule has 5 heteroatoms. The lowest BCUT2D eigenvalue weighted by Gasteiger charge is -2.10. The number of nitrogens with zero attached hydrogens (tertiary/aromatic N) is 1. The van der Waals surface area contributed by atoms with Crippen molar-refractivity contribution >= 4 is 45.7 Å². The number of carbonyl (C=O) groups is 1. The summed E-state index contributed by atoms with van der Waals surface area (Å²) in [7, 11) is 0. The molecule has 0 radical (unpaired) electrons. The molecule has 1 aromatic heterocycles. The highest BCUT2D eigenvalue weighted by atomic mass is 35.5. The summed E-state index contributed by atoms with van der Waals surface area (Å²) in [6.07, 6.45) is 0. The molecule has 2 aromatic carbocycles. The molecular formula is C17H12Cl2N2O. The van der Waals surface area contributed by atoms with E-state index in [2.05, 4.69) is 10.3 Å². The van der Waals surface area contributed by atoms with Crippen LogP contribution in [0.1, 0.15) is 15.9 Å². The van der Waals surface area contributed by atoms with Crippen LogP contribution in [-0.2, 0) is 0 Å². The standard InChI is InChI=1S/C17H12Cl2N2O/c1-10-8-11(18)6-7-14(10)21-17(22)13-9-16(19)20-15-5-3-2-4-12(13)15/h2-9H,1H3,(H,21,22). The van der Waals surface area contributed by atoms with Crippen molar-refractivity contribution in [3.63, 3.8) is 0 Å². The molecule has 0 aliphatic carbocycles. The number of aromatic nitrogens is 1. The van der Waals surface area contributed by atoms with Crippen molar-refractivity contribution in [2.24, 2.45) is 0 Å². The van der Waals surface area contributed by atoms with E-state index in [1.165, 1.54) is 0 Å². The van der Waals surface area contributed by atoms with Gasteiger partial charge in [-0.25, -0.2) is 4.98 Å². The summed E-state index contributed by atoms with van der Waals surface area (Å²) in [5.41, 5.74) is 2.79. The third-order valence-corrected chi connectivity index (χ3v) is 3.79. The lowest BCUT2D eigenvalue weighted by molar-refractivity contribution is 0.102. The molecular weight excluding hydrogens is 319 g/mol. The van der Waals surface area contributed by atoms with E-state index in [9.17, 15) is 4.79 Å². The molecule has 1 amide bonds. The number of rotatable bonds is 2. The average molecular weight is 331 g/mol. The van der Waals surface area contributed by atoms with Gasteiger partial charge in [-0.05, 0) is 42.8 Å². The fraction of sp³-hybridized carbons (Fsp3) is 0.0588. The van der Waals surface area contributed by atoms with Gasteiger partial charge in [0.15, 0.2) is 0 Å². The minimum Gasteiger partial charge on any atom is -0.322 e. The highest BCUT2D eigenvalue weighted by Gasteiger charge is 2.13. The molecule has 0 unspecified atom stereocenters. The first-order valence-corrected chi connectivity index (χ1v) is 7.43. The topological polar surface area (TPSA) is 42.0 Å². The van der Waals surface area contributed by atoms with Gasteiger partial charge >= 0.3 is 0 Å². The second-order valence-electron chi connectivity index (χ2n) is 4.92. The number of hydrogen-bond donors (Lipinski definition) is 1. The number of nitrogens with one attached hydrogen (secondary N) is 1. The minimum absolute atomic E-state index is 0.231.